The van der Waals surface area contributed by atoms with Gasteiger partial charge in [-0.25, -0.2) is 5.43 Å². The number of benzene rings is 2. The van der Waals surface area contributed by atoms with Crippen LogP contribution in [0.1, 0.15) is 11.3 Å². The molecule has 5 heteroatoms. The minimum atomic E-state index is -0.192. The van der Waals surface area contributed by atoms with E-state index in [1.807, 2.05) is 61.5 Å². The Balaban J connectivity index is 1.60. The summed E-state index contributed by atoms with van der Waals surface area (Å²) in [5.74, 6) is -0.192. The Morgan fingerprint density at radius 2 is 1.87 bits per heavy atom. The van der Waals surface area contributed by atoms with Crippen LogP contribution in [0.2, 0.25) is 0 Å². The van der Waals surface area contributed by atoms with Crippen molar-refractivity contribution in [2.24, 2.45) is 5.10 Å². The molecule has 2 aromatic carbocycles. The predicted molar refractivity (Wildman–Crippen MR) is 93.7 cm³/mol. The van der Waals surface area contributed by atoms with Crippen LogP contribution < -0.4 is 10.7 Å². The Labute approximate surface area is 134 Å². The zero-order valence-corrected chi connectivity index (χ0v) is 12.8. The summed E-state index contributed by atoms with van der Waals surface area (Å²) in [6.07, 6.45) is 1.68. The van der Waals surface area contributed by atoms with Crippen LogP contribution in [-0.4, -0.2) is 23.7 Å². The van der Waals surface area contributed by atoms with E-state index >= 15 is 0 Å². The third-order valence-electron chi connectivity index (χ3n) is 3.55. The van der Waals surface area contributed by atoms with Crippen LogP contribution in [0.15, 0.2) is 59.7 Å². The number of anilines is 1. The predicted octanol–water partition coefficient (Wildman–Crippen LogP) is 3.04. The molecule has 1 amide bonds. The Bertz CT molecular complexity index is 837. The van der Waals surface area contributed by atoms with Crippen LogP contribution in [0.3, 0.4) is 0 Å². The molecule has 3 N–H and O–H groups in total. The molecule has 0 aliphatic heterocycles. The molecule has 0 fully saturated rings. The molecule has 23 heavy (non-hydrogen) atoms. The highest BCUT2D eigenvalue weighted by molar-refractivity contribution is 6.00. The smallest absolute Gasteiger partial charge is 0.259 e. The van der Waals surface area contributed by atoms with Crippen molar-refractivity contribution in [1.29, 1.82) is 0 Å². The van der Waals surface area contributed by atoms with Crippen LogP contribution in [0.5, 0.6) is 0 Å². The van der Waals surface area contributed by atoms with E-state index in [2.05, 4.69) is 20.8 Å². The second-order valence-electron chi connectivity index (χ2n) is 5.22. The molecule has 0 bridgehead atoms. The zero-order valence-electron chi connectivity index (χ0n) is 12.8. The quantitative estimate of drug-likeness (QED) is 0.501. The lowest BCUT2D eigenvalue weighted by molar-refractivity contribution is -0.119. The Morgan fingerprint density at radius 3 is 2.70 bits per heavy atom. The van der Waals surface area contributed by atoms with Crippen molar-refractivity contribution in [3.05, 3.63) is 65.9 Å². The van der Waals surface area contributed by atoms with Gasteiger partial charge in [0.15, 0.2) is 0 Å². The number of nitrogens with zero attached hydrogens (tertiary/aromatic N) is 1. The lowest BCUT2D eigenvalue weighted by atomic mass is 10.1. The van der Waals surface area contributed by atoms with Crippen LogP contribution >= 0.6 is 0 Å². The Kier molecular flexibility index (Phi) is 4.38. The van der Waals surface area contributed by atoms with E-state index in [4.69, 9.17) is 0 Å². The van der Waals surface area contributed by atoms with Crippen molar-refractivity contribution in [2.75, 3.05) is 11.9 Å². The van der Waals surface area contributed by atoms with Crippen LogP contribution in [0, 0.1) is 6.92 Å². The first kappa shape index (κ1) is 14.8. The molecule has 0 atom stereocenters. The highest BCUT2D eigenvalue weighted by Gasteiger charge is 2.05. The van der Waals surface area contributed by atoms with E-state index in [9.17, 15) is 4.79 Å². The van der Waals surface area contributed by atoms with E-state index < -0.39 is 0 Å². The van der Waals surface area contributed by atoms with E-state index in [1.165, 1.54) is 0 Å². The molecule has 0 radical (unpaired) electrons. The van der Waals surface area contributed by atoms with Crippen molar-refractivity contribution in [3.63, 3.8) is 0 Å². The average molecular weight is 306 g/mol. The minimum absolute atomic E-state index is 0.175. The first-order valence-electron chi connectivity index (χ1n) is 7.42. The van der Waals surface area contributed by atoms with E-state index in [0.29, 0.717) is 0 Å². The SMILES string of the molecule is Cc1[nH]c2ccccc2c1/C=N\NC(=O)CNc1ccccc1. The summed E-state index contributed by atoms with van der Waals surface area (Å²) in [5.41, 5.74) is 6.50. The summed E-state index contributed by atoms with van der Waals surface area (Å²) < 4.78 is 0. The molecule has 0 unspecified atom stereocenters. The van der Waals surface area contributed by atoms with Crippen molar-refractivity contribution in [2.45, 2.75) is 6.92 Å². The van der Waals surface area contributed by atoms with Gasteiger partial charge in [-0.15, -0.1) is 0 Å². The molecule has 116 valence electrons. The summed E-state index contributed by atoms with van der Waals surface area (Å²) in [6, 6.07) is 17.6. The summed E-state index contributed by atoms with van der Waals surface area (Å²) in [6.45, 7) is 2.16. The fraction of sp³-hybridized carbons (Fsp3) is 0.111. The Morgan fingerprint density at radius 1 is 1.13 bits per heavy atom. The van der Waals surface area contributed by atoms with Crippen LogP contribution in [0.25, 0.3) is 10.9 Å². The van der Waals surface area contributed by atoms with Gasteiger partial charge in [-0.05, 0) is 25.1 Å². The largest absolute Gasteiger partial charge is 0.376 e. The molecule has 5 nitrogen and oxygen atoms in total. The van der Waals surface area contributed by atoms with Gasteiger partial charge in [0.25, 0.3) is 5.91 Å². The average Bonchev–Trinajstić information content (AvgIpc) is 2.90. The molecule has 0 spiro atoms. The van der Waals surface area contributed by atoms with Crippen LogP contribution in [-0.2, 0) is 4.79 Å². The van der Waals surface area contributed by atoms with Crippen molar-refractivity contribution >= 4 is 28.7 Å². The van der Waals surface area contributed by atoms with Gasteiger partial charge >= 0.3 is 0 Å². The molecule has 1 aromatic heterocycles. The zero-order chi connectivity index (χ0) is 16.1. The number of amides is 1. The molecule has 0 aliphatic carbocycles. The first-order chi connectivity index (χ1) is 11.2. The van der Waals surface area contributed by atoms with Gasteiger partial charge in [0.1, 0.15) is 0 Å². The van der Waals surface area contributed by atoms with Gasteiger partial charge in [0, 0.05) is 27.8 Å². The second kappa shape index (κ2) is 6.79. The lowest BCUT2D eigenvalue weighted by Gasteiger charge is -2.04. The third kappa shape index (κ3) is 3.58. The molecule has 1 heterocycles. The summed E-state index contributed by atoms with van der Waals surface area (Å²) in [5, 5.41) is 8.18. The van der Waals surface area contributed by atoms with Gasteiger partial charge in [-0.3, -0.25) is 4.79 Å². The summed E-state index contributed by atoms with van der Waals surface area (Å²) >= 11 is 0. The molecule has 3 rings (SSSR count). The number of para-hydroxylation sites is 2. The van der Waals surface area contributed by atoms with Gasteiger partial charge in [0.2, 0.25) is 0 Å². The number of fused-ring (bicyclic) bond motifs is 1. The maximum Gasteiger partial charge on any atom is 0.259 e. The highest BCUT2D eigenvalue weighted by Crippen LogP contribution is 2.19. The van der Waals surface area contributed by atoms with E-state index in [0.717, 1.165) is 27.8 Å². The normalized spacial score (nSPS) is 11.0. The number of rotatable bonds is 5. The van der Waals surface area contributed by atoms with Gasteiger partial charge in [0.05, 0.1) is 12.8 Å². The molecule has 0 saturated carbocycles. The number of H-pyrrole nitrogens is 1. The first-order valence-corrected chi connectivity index (χ1v) is 7.42. The van der Waals surface area contributed by atoms with E-state index in [1.54, 1.807) is 6.21 Å². The molecular formula is C18H18N4O. The van der Waals surface area contributed by atoms with Crippen molar-refractivity contribution in [3.8, 4) is 0 Å². The van der Waals surface area contributed by atoms with Crippen molar-refractivity contribution < 1.29 is 4.79 Å². The third-order valence-corrected chi connectivity index (χ3v) is 3.55. The number of hydrogen-bond donors (Lipinski definition) is 3. The lowest BCUT2D eigenvalue weighted by Crippen LogP contribution is -2.25. The van der Waals surface area contributed by atoms with Gasteiger partial charge < -0.3 is 10.3 Å². The minimum Gasteiger partial charge on any atom is -0.376 e. The number of carbonyl (C=O) groups excluding carboxylic acids is 1. The topological polar surface area (TPSA) is 69.3 Å². The maximum atomic E-state index is 11.8. The molecule has 3 aromatic rings. The summed E-state index contributed by atoms with van der Waals surface area (Å²) in [7, 11) is 0. The van der Waals surface area contributed by atoms with Crippen LogP contribution in [0.4, 0.5) is 5.69 Å². The monoisotopic (exact) mass is 306 g/mol. The molecule has 0 aliphatic rings. The number of hydrogen-bond acceptors (Lipinski definition) is 3. The molecule has 0 saturated heterocycles. The van der Waals surface area contributed by atoms with Gasteiger partial charge in [-0.2, -0.15) is 5.10 Å². The standard InChI is InChI=1S/C18H18N4O/c1-13-16(15-9-5-6-10-17(15)21-13)11-20-22-18(23)12-19-14-7-3-2-4-8-14/h2-11,19,21H,12H2,1H3,(H,22,23)/b20-11-. The molecular weight excluding hydrogens is 288 g/mol. The number of aromatic amines is 1. The summed E-state index contributed by atoms with van der Waals surface area (Å²) in [4.78, 5) is 15.1. The number of aryl methyl sites for hydroxylation is 1. The highest BCUT2D eigenvalue weighted by atomic mass is 16.2. The van der Waals surface area contributed by atoms with Gasteiger partial charge in [-0.1, -0.05) is 36.4 Å². The van der Waals surface area contributed by atoms with E-state index in [-0.39, 0.29) is 12.5 Å². The fourth-order valence-electron chi connectivity index (χ4n) is 2.41. The Hall–Kier alpha value is -3.08. The fourth-order valence-corrected chi connectivity index (χ4v) is 2.41. The number of hydrazone groups is 1. The number of carbonyl (C=O) groups is 1. The number of aromatic nitrogens is 1. The maximum absolute atomic E-state index is 11.8. The van der Waals surface area contributed by atoms with Crippen molar-refractivity contribution in [1.82, 2.24) is 10.4 Å². The number of nitrogens with one attached hydrogen (secondary N) is 3. The second-order valence-corrected chi connectivity index (χ2v) is 5.22.